The zero-order valence-corrected chi connectivity index (χ0v) is 12.4. The van der Waals surface area contributed by atoms with Crippen molar-refractivity contribution in [1.82, 2.24) is 0 Å². The molecule has 0 aliphatic rings. The van der Waals surface area contributed by atoms with Gasteiger partial charge in [0.05, 0.1) is 16.8 Å². The summed E-state index contributed by atoms with van der Waals surface area (Å²) in [7, 11) is 0. The van der Waals surface area contributed by atoms with Gasteiger partial charge in [-0.3, -0.25) is 4.79 Å². The number of amides is 1. The minimum Gasteiger partial charge on any atom is -0.487 e. The topological polar surface area (TPSA) is 84.9 Å². The predicted octanol–water partition coefficient (Wildman–Crippen LogP) is 3.06. The fraction of sp³-hybridized carbons (Fsp3) is 0.429. The molecular weight excluding hydrogens is 301 g/mol. The smallest absolute Gasteiger partial charge is 0.416 e. The van der Waals surface area contributed by atoms with Crippen molar-refractivity contribution in [2.24, 2.45) is 16.3 Å². The largest absolute Gasteiger partial charge is 0.487 e. The lowest BCUT2D eigenvalue weighted by molar-refractivity contribution is -0.137. The van der Waals surface area contributed by atoms with Gasteiger partial charge in [0.15, 0.2) is 0 Å². The zero-order chi connectivity index (χ0) is 17.1. The molecule has 3 N–H and O–H groups in total. The maximum absolute atomic E-state index is 12.6. The molecular formula is C14H17F3N2O3. The molecule has 0 aliphatic carbocycles. The van der Waals surface area contributed by atoms with Crippen LogP contribution in [0.25, 0.3) is 0 Å². The number of alkyl halides is 3. The third-order valence-electron chi connectivity index (χ3n) is 2.92. The molecule has 0 fully saturated rings. The summed E-state index contributed by atoms with van der Waals surface area (Å²) < 4.78 is 43.2. The molecule has 0 aromatic heterocycles. The van der Waals surface area contributed by atoms with Crippen molar-refractivity contribution in [2.45, 2.75) is 26.9 Å². The number of halogens is 3. The Bertz CT molecular complexity index is 590. The van der Waals surface area contributed by atoms with Gasteiger partial charge in [0, 0.05) is 5.41 Å². The summed E-state index contributed by atoms with van der Waals surface area (Å²) in [5, 5.41) is 12.0. The molecule has 0 spiro atoms. The van der Waals surface area contributed by atoms with E-state index in [4.69, 9.17) is 15.7 Å². The third kappa shape index (κ3) is 4.37. The highest BCUT2D eigenvalue weighted by atomic mass is 19.4. The van der Waals surface area contributed by atoms with E-state index in [0.29, 0.717) is 6.07 Å². The molecule has 1 aromatic rings. The number of oxime groups is 1. The maximum Gasteiger partial charge on any atom is 0.416 e. The first-order valence-corrected chi connectivity index (χ1v) is 6.32. The molecule has 1 rings (SSSR count). The van der Waals surface area contributed by atoms with Crippen molar-refractivity contribution in [3.8, 4) is 5.75 Å². The normalized spacial score (nSPS) is 13.1. The van der Waals surface area contributed by atoms with Crippen LogP contribution in [-0.2, 0) is 6.18 Å². The quantitative estimate of drug-likeness (QED) is 0.508. The highest BCUT2D eigenvalue weighted by Gasteiger charge is 2.32. The summed E-state index contributed by atoms with van der Waals surface area (Å²) in [6.45, 7) is 5.12. The van der Waals surface area contributed by atoms with E-state index in [1.807, 2.05) is 0 Å². The lowest BCUT2D eigenvalue weighted by Crippen LogP contribution is -2.27. The first kappa shape index (κ1) is 17.8. The first-order chi connectivity index (χ1) is 9.96. The van der Waals surface area contributed by atoms with Gasteiger partial charge in [-0.1, -0.05) is 25.9 Å². The van der Waals surface area contributed by atoms with Gasteiger partial charge in [0.1, 0.15) is 12.4 Å². The average molecular weight is 318 g/mol. The Morgan fingerprint density at radius 2 is 1.91 bits per heavy atom. The van der Waals surface area contributed by atoms with Gasteiger partial charge >= 0.3 is 6.18 Å². The van der Waals surface area contributed by atoms with Gasteiger partial charge in [-0.25, -0.2) is 0 Å². The van der Waals surface area contributed by atoms with Gasteiger partial charge < -0.3 is 15.7 Å². The lowest BCUT2D eigenvalue weighted by Gasteiger charge is -2.20. The van der Waals surface area contributed by atoms with Gasteiger partial charge in [-0.2, -0.15) is 13.2 Å². The van der Waals surface area contributed by atoms with E-state index in [0.717, 1.165) is 12.1 Å². The minimum absolute atomic E-state index is 0.106. The predicted molar refractivity (Wildman–Crippen MR) is 74.1 cm³/mol. The van der Waals surface area contributed by atoms with Crippen molar-refractivity contribution in [1.29, 1.82) is 0 Å². The fourth-order valence-corrected chi connectivity index (χ4v) is 1.57. The van der Waals surface area contributed by atoms with Crippen LogP contribution in [-0.4, -0.2) is 23.4 Å². The molecule has 5 nitrogen and oxygen atoms in total. The summed E-state index contributed by atoms with van der Waals surface area (Å²) in [5.41, 5.74) is 3.46. The number of nitrogens with zero attached hydrogens (tertiary/aromatic N) is 1. The highest BCUT2D eigenvalue weighted by molar-refractivity contribution is 5.96. The molecule has 0 saturated carbocycles. The van der Waals surface area contributed by atoms with E-state index in [1.165, 1.54) is 0 Å². The van der Waals surface area contributed by atoms with E-state index in [9.17, 15) is 18.0 Å². The molecule has 1 amide bonds. The van der Waals surface area contributed by atoms with Crippen LogP contribution in [0, 0.1) is 5.41 Å². The number of carbonyl (C=O) groups excluding carboxylic acids is 1. The number of hydrogen-bond donors (Lipinski definition) is 2. The van der Waals surface area contributed by atoms with E-state index in [-0.39, 0.29) is 23.6 Å². The van der Waals surface area contributed by atoms with Crippen LogP contribution in [0.2, 0.25) is 0 Å². The van der Waals surface area contributed by atoms with Crippen LogP contribution in [0.15, 0.2) is 23.4 Å². The van der Waals surface area contributed by atoms with Crippen LogP contribution < -0.4 is 10.5 Å². The molecule has 122 valence electrons. The summed E-state index contributed by atoms with van der Waals surface area (Å²) in [6.07, 6.45) is -4.59. The molecule has 0 saturated heterocycles. The van der Waals surface area contributed by atoms with Crippen LogP contribution >= 0.6 is 0 Å². The minimum atomic E-state index is -4.59. The number of primary amides is 1. The Morgan fingerprint density at radius 3 is 2.32 bits per heavy atom. The van der Waals surface area contributed by atoms with Crippen LogP contribution in [0.1, 0.15) is 36.7 Å². The number of nitrogens with two attached hydrogens (primary N) is 1. The first-order valence-electron chi connectivity index (χ1n) is 6.32. The Kier molecular flexibility index (Phi) is 5.05. The molecule has 0 heterocycles. The van der Waals surface area contributed by atoms with Gasteiger partial charge in [0.2, 0.25) is 0 Å². The molecule has 0 bridgehead atoms. The summed E-state index contributed by atoms with van der Waals surface area (Å²) in [4.78, 5) is 11.3. The molecule has 0 aliphatic heterocycles. The van der Waals surface area contributed by atoms with Crippen molar-refractivity contribution in [3.05, 3.63) is 29.3 Å². The van der Waals surface area contributed by atoms with Crippen molar-refractivity contribution >= 4 is 11.6 Å². The third-order valence-corrected chi connectivity index (χ3v) is 2.92. The van der Waals surface area contributed by atoms with Crippen LogP contribution in [0.3, 0.4) is 0 Å². The van der Waals surface area contributed by atoms with Crippen LogP contribution in [0.4, 0.5) is 13.2 Å². The van der Waals surface area contributed by atoms with E-state index in [2.05, 4.69) is 5.16 Å². The Labute approximate surface area is 125 Å². The molecule has 22 heavy (non-hydrogen) atoms. The van der Waals surface area contributed by atoms with E-state index < -0.39 is 23.1 Å². The Balaban J connectivity index is 3.08. The molecule has 8 heteroatoms. The summed E-state index contributed by atoms with van der Waals surface area (Å²) in [6, 6.07) is 2.43. The molecule has 1 aromatic carbocycles. The van der Waals surface area contributed by atoms with Crippen molar-refractivity contribution in [3.63, 3.8) is 0 Å². The van der Waals surface area contributed by atoms with Crippen molar-refractivity contribution < 1.29 is 27.9 Å². The maximum atomic E-state index is 12.6. The van der Waals surface area contributed by atoms with E-state index >= 15 is 0 Å². The highest BCUT2D eigenvalue weighted by Crippen LogP contribution is 2.32. The molecule has 0 radical (unpaired) electrons. The van der Waals surface area contributed by atoms with Crippen molar-refractivity contribution in [2.75, 3.05) is 6.61 Å². The van der Waals surface area contributed by atoms with E-state index in [1.54, 1.807) is 20.8 Å². The van der Waals surface area contributed by atoms with Gasteiger partial charge in [0.25, 0.3) is 5.91 Å². The number of rotatable bonds is 4. The van der Waals surface area contributed by atoms with Crippen LogP contribution in [0.5, 0.6) is 5.75 Å². The second kappa shape index (κ2) is 6.25. The second-order valence-electron chi connectivity index (χ2n) is 5.66. The molecule has 0 unspecified atom stereocenters. The fourth-order valence-electron chi connectivity index (χ4n) is 1.57. The molecule has 0 atom stereocenters. The Morgan fingerprint density at radius 1 is 1.32 bits per heavy atom. The number of benzene rings is 1. The second-order valence-corrected chi connectivity index (χ2v) is 5.66. The SMILES string of the molecule is CC(C)(C)/C(COc1ccc(C(F)(F)F)cc1C(N)=O)=N\O. The van der Waals surface area contributed by atoms with Gasteiger partial charge in [-0.15, -0.1) is 0 Å². The monoisotopic (exact) mass is 318 g/mol. The number of hydrogen-bond acceptors (Lipinski definition) is 4. The lowest BCUT2D eigenvalue weighted by atomic mass is 9.90. The number of carbonyl (C=O) groups is 1. The zero-order valence-electron chi connectivity index (χ0n) is 12.4. The standard InChI is InChI=1S/C14H17F3N2O3/c1-13(2,3)11(19-21)7-22-10-5-4-8(14(15,16)17)6-9(10)12(18)20/h4-6,21H,7H2,1-3H3,(H2,18,20)/b19-11-. The summed E-state index contributed by atoms with van der Waals surface area (Å²) >= 11 is 0. The number of ether oxygens (including phenoxy) is 1. The summed E-state index contributed by atoms with van der Waals surface area (Å²) in [5.74, 6) is -1.15. The average Bonchev–Trinajstić information content (AvgIpc) is 2.36. The Hall–Kier alpha value is -2.25. The van der Waals surface area contributed by atoms with Gasteiger partial charge in [-0.05, 0) is 18.2 Å².